The minimum atomic E-state index is -0.169. The number of hydrogen-bond acceptors (Lipinski definition) is 3. The van der Waals surface area contributed by atoms with Crippen LogP contribution in [0.2, 0.25) is 0 Å². The van der Waals surface area contributed by atoms with E-state index in [1.807, 2.05) is 25.8 Å². The summed E-state index contributed by atoms with van der Waals surface area (Å²) >= 11 is 0. The second kappa shape index (κ2) is 5.97. The van der Waals surface area contributed by atoms with E-state index in [9.17, 15) is 4.79 Å². The van der Waals surface area contributed by atoms with Gasteiger partial charge >= 0.3 is 0 Å². The van der Waals surface area contributed by atoms with E-state index in [-0.39, 0.29) is 18.6 Å². The topological polar surface area (TPSA) is 52.6 Å². The molecule has 0 fully saturated rings. The molecule has 0 spiro atoms. The monoisotopic (exact) mass is 174 g/mol. The second-order valence-electron chi connectivity index (χ2n) is 2.77. The Morgan fingerprint density at radius 3 is 2.67 bits per heavy atom. The van der Waals surface area contributed by atoms with Crippen molar-refractivity contribution >= 4 is 5.91 Å². The lowest BCUT2D eigenvalue weighted by Crippen LogP contribution is -2.44. The fraction of sp³-hybridized carbons (Fsp3) is 0.875. The van der Waals surface area contributed by atoms with E-state index < -0.39 is 0 Å². The molecule has 0 heterocycles. The van der Waals surface area contributed by atoms with Crippen molar-refractivity contribution in [3.05, 3.63) is 0 Å². The summed E-state index contributed by atoms with van der Waals surface area (Å²) in [7, 11) is 1.82. The summed E-state index contributed by atoms with van der Waals surface area (Å²) < 4.78 is 0. The lowest BCUT2D eigenvalue weighted by molar-refractivity contribution is -0.125. The molecule has 0 aliphatic rings. The number of amides is 1. The fourth-order valence-electron chi connectivity index (χ4n) is 0.873. The maximum Gasteiger partial charge on any atom is 0.237 e. The molecule has 12 heavy (non-hydrogen) atoms. The number of carbonyl (C=O) groups is 1. The van der Waals surface area contributed by atoms with Gasteiger partial charge in [0, 0.05) is 13.1 Å². The van der Waals surface area contributed by atoms with Crippen molar-refractivity contribution in [2.75, 3.05) is 26.7 Å². The van der Waals surface area contributed by atoms with Crippen molar-refractivity contribution in [1.29, 1.82) is 0 Å². The molecule has 72 valence electrons. The highest BCUT2D eigenvalue weighted by atomic mass is 16.3. The third-order valence-electron chi connectivity index (χ3n) is 1.84. The number of likely N-dealkylation sites (N-methyl/N-ethyl adjacent to an activating group) is 2. The van der Waals surface area contributed by atoms with Crippen LogP contribution in [0.25, 0.3) is 0 Å². The Hall–Kier alpha value is -0.610. The molecule has 0 saturated carbocycles. The molecule has 0 aromatic rings. The van der Waals surface area contributed by atoms with E-state index in [1.165, 1.54) is 0 Å². The number of aliphatic hydroxyl groups is 1. The molecule has 0 aromatic heterocycles. The molecule has 0 aromatic carbocycles. The lowest BCUT2D eigenvalue weighted by atomic mass is 10.3. The van der Waals surface area contributed by atoms with Crippen LogP contribution in [-0.2, 0) is 4.79 Å². The van der Waals surface area contributed by atoms with Gasteiger partial charge in [-0.05, 0) is 20.9 Å². The lowest BCUT2D eigenvalue weighted by Gasteiger charge is -2.22. The van der Waals surface area contributed by atoms with Crippen molar-refractivity contribution in [1.82, 2.24) is 10.2 Å². The van der Waals surface area contributed by atoms with Crippen molar-refractivity contribution in [3.8, 4) is 0 Å². The van der Waals surface area contributed by atoms with E-state index in [0.29, 0.717) is 13.1 Å². The zero-order valence-electron chi connectivity index (χ0n) is 8.00. The van der Waals surface area contributed by atoms with Gasteiger partial charge in [-0.15, -0.1) is 0 Å². The van der Waals surface area contributed by atoms with Crippen molar-refractivity contribution in [2.24, 2.45) is 0 Å². The molecule has 1 unspecified atom stereocenters. The van der Waals surface area contributed by atoms with Crippen LogP contribution in [0.1, 0.15) is 13.8 Å². The average Bonchev–Trinajstić information content (AvgIpc) is 2.04. The molecule has 0 radical (unpaired) electrons. The first-order chi connectivity index (χ1) is 5.63. The van der Waals surface area contributed by atoms with E-state index >= 15 is 0 Å². The van der Waals surface area contributed by atoms with Crippen molar-refractivity contribution in [3.63, 3.8) is 0 Å². The van der Waals surface area contributed by atoms with Crippen LogP contribution in [0.5, 0.6) is 0 Å². The molecule has 0 bridgehead atoms. The summed E-state index contributed by atoms with van der Waals surface area (Å²) in [5.74, 6) is 0.00782. The Kier molecular flexibility index (Phi) is 5.66. The van der Waals surface area contributed by atoms with E-state index in [2.05, 4.69) is 5.32 Å². The predicted molar refractivity (Wildman–Crippen MR) is 47.9 cm³/mol. The summed E-state index contributed by atoms with van der Waals surface area (Å²) in [5.41, 5.74) is 0. The van der Waals surface area contributed by atoms with Gasteiger partial charge in [0.25, 0.3) is 0 Å². The first kappa shape index (κ1) is 11.4. The van der Waals surface area contributed by atoms with Crippen LogP contribution in [-0.4, -0.2) is 48.7 Å². The summed E-state index contributed by atoms with van der Waals surface area (Å²) in [6.45, 7) is 4.96. The van der Waals surface area contributed by atoms with E-state index in [0.717, 1.165) is 0 Å². The van der Waals surface area contributed by atoms with Gasteiger partial charge < -0.3 is 10.4 Å². The van der Waals surface area contributed by atoms with Crippen molar-refractivity contribution in [2.45, 2.75) is 19.9 Å². The van der Waals surface area contributed by atoms with Crippen LogP contribution < -0.4 is 5.32 Å². The molecule has 0 saturated heterocycles. The molecule has 0 aliphatic carbocycles. The highest BCUT2D eigenvalue weighted by molar-refractivity contribution is 5.81. The first-order valence-electron chi connectivity index (χ1n) is 4.22. The zero-order valence-corrected chi connectivity index (χ0v) is 8.00. The summed E-state index contributed by atoms with van der Waals surface area (Å²) in [5, 5.41) is 11.3. The van der Waals surface area contributed by atoms with Gasteiger partial charge in [-0.2, -0.15) is 0 Å². The Labute approximate surface area is 73.6 Å². The summed E-state index contributed by atoms with van der Waals surface area (Å²) in [6.07, 6.45) is 0. The number of nitrogens with zero attached hydrogens (tertiary/aromatic N) is 1. The maximum atomic E-state index is 11.2. The summed E-state index contributed by atoms with van der Waals surface area (Å²) in [6, 6.07) is -0.169. The first-order valence-corrected chi connectivity index (χ1v) is 4.22. The number of carbonyl (C=O) groups excluding carboxylic acids is 1. The van der Waals surface area contributed by atoms with Crippen molar-refractivity contribution < 1.29 is 9.90 Å². The Balaban J connectivity index is 3.82. The largest absolute Gasteiger partial charge is 0.395 e. The molecule has 0 rings (SSSR count). The van der Waals surface area contributed by atoms with Crippen LogP contribution in [0.4, 0.5) is 0 Å². The number of nitrogens with one attached hydrogen (secondary N) is 1. The molecule has 2 N–H and O–H groups in total. The smallest absolute Gasteiger partial charge is 0.237 e. The van der Waals surface area contributed by atoms with Crippen LogP contribution in [0.3, 0.4) is 0 Å². The summed E-state index contributed by atoms with van der Waals surface area (Å²) in [4.78, 5) is 13.0. The Bertz CT molecular complexity index is 139. The van der Waals surface area contributed by atoms with Crippen LogP contribution >= 0.6 is 0 Å². The second-order valence-corrected chi connectivity index (χ2v) is 2.77. The Morgan fingerprint density at radius 1 is 1.67 bits per heavy atom. The molecule has 4 nitrogen and oxygen atoms in total. The third-order valence-corrected chi connectivity index (χ3v) is 1.84. The highest BCUT2D eigenvalue weighted by Gasteiger charge is 2.15. The quantitative estimate of drug-likeness (QED) is 0.587. The van der Waals surface area contributed by atoms with E-state index in [4.69, 9.17) is 5.11 Å². The molecule has 1 atom stereocenters. The van der Waals surface area contributed by atoms with Gasteiger partial charge in [0.05, 0.1) is 12.6 Å². The molecule has 4 heteroatoms. The SMILES string of the molecule is CCNC(=O)C(C)N(C)CCO. The van der Waals surface area contributed by atoms with Gasteiger partial charge in [0.1, 0.15) is 0 Å². The number of hydrogen-bond donors (Lipinski definition) is 2. The maximum absolute atomic E-state index is 11.2. The standard InChI is InChI=1S/C8H18N2O2/c1-4-9-8(12)7(2)10(3)5-6-11/h7,11H,4-6H2,1-3H3,(H,9,12). The van der Waals surface area contributed by atoms with E-state index in [1.54, 1.807) is 0 Å². The third kappa shape index (κ3) is 3.69. The molecule has 0 aliphatic heterocycles. The number of rotatable bonds is 5. The van der Waals surface area contributed by atoms with Crippen LogP contribution in [0.15, 0.2) is 0 Å². The van der Waals surface area contributed by atoms with Gasteiger partial charge in [-0.3, -0.25) is 9.69 Å². The highest BCUT2D eigenvalue weighted by Crippen LogP contribution is 1.93. The fourth-order valence-corrected chi connectivity index (χ4v) is 0.873. The Morgan fingerprint density at radius 2 is 2.25 bits per heavy atom. The molecular formula is C8H18N2O2. The minimum Gasteiger partial charge on any atom is -0.395 e. The minimum absolute atomic E-state index is 0.00782. The van der Waals surface area contributed by atoms with Crippen LogP contribution in [0, 0.1) is 0 Å². The van der Waals surface area contributed by atoms with Gasteiger partial charge in [-0.25, -0.2) is 0 Å². The van der Waals surface area contributed by atoms with Gasteiger partial charge in [-0.1, -0.05) is 0 Å². The zero-order chi connectivity index (χ0) is 9.56. The normalized spacial score (nSPS) is 13.1. The number of aliphatic hydroxyl groups excluding tert-OH is 1. The molecule has 1 amide bonds. The predicted octanol–water partition coefficient (Wildman–Crippen LogP) is -0.565. The van der Waals surface area contributed by atoms with Gasteiger partial charge in [0.2, 0.25) is 5.91 Å². The molecular weight excluding hydrogens is 156 g/mol. The average molecular weight is 174 g/mol. The van der Waals surface area contributed by atoms with Gasteiger partial charge in [0.15, 0.2) is 0 Å².